The van der Waals surface area contributed by atoms with E-state index in [4.69, 9.17) is 4.74 Å². The number of nitro benzene ring substituents is 1. The van der Waals surface area contributed by atoms with E-state index in [1.165, 1.54) is 44.2 Å². The highest BCUT2D eigenvalue weighted by Gasteiger charge is 2.25. The summed E-state index contributed by atoms with van der Waals surface area (Å²) < 4.78 is 5.59. The molecule has 0 amide bonds. The molecule has 1 aromatic rings. The second-order valence-corrected chi connectivity index (χ2v) is 5.65. The Kier molecular flexibility index (Phi) is 4.95. The highest BCUT2D eigenvalue weighted by atomic mass is 16.6. The van der Waals surface area contributed by atoms with E-state index in [2.05, 4.69) is 12.2 Å². The van der Waals surface area contributed by atoms with Crippen LogP contribution in [-0.4, -0.2) is 23.6 Å². The van der Waals surface area contributed by atoms with Gasteiger partial charge in [-0.1, -0.05) is 19.3 Å². The zero-order chi connectivity index (χ0) is 14.4. The minimum Gasteiger partial charge on any atom is -0.492 e. The van der Waals surface area contributed by atoms with Gasteiger partial charge in [0.25, 0.3) is 5.69 Å². The number of nitrogens with zero attached hydrogens (tertiary/aromatic N) is 1. The zero-order valence-corrected chi connectivity index (χ0v) is 11.9. The van der Waals surface area contributed by atoms with Gasteiger partial charge in [-0.15, -0.1) is 0 Å². The summed E-state index contributed by atoms with van der Waals surface area (Å²) in [4.78, 5) is 10.1. The first kappa shape index (κ1) is 14.8. The number of ether oxygens (including phenoxy) is 1. The summed E-state index contributed by atoms with van der Waals surface area (Å²) in [7, 11) is 0. The fourth-order valence-electron chi connectivity index (χ4n) is 2.69. The second kappa shape index (κ2) is 6.70. The largest absolute Gasteiger partial charge is 0.492 e. The second-order valence-electron chi connectivity index (χ2n) is 5.65. The quantitative estimate of drug-likeness (QED) is 0.492. The van der Waals surface area contributed by atoms with Gasteiger partial charge in [0.1, 0.15) is 12.4 Å². The number of rotatable bonds is 6. The van der Waals surface area contributed by atoms with E-state index < -0.39 is 4.92 Å². The summed E-state index contributed by atoms with van der Waals surface area (Å²) in [6.45, 7) is 3.65. The molecule has 0 aliphatic heterocycles. The predicted octanol–water partition coefficient (Wildman–Crippen LogP) is 3.29. The average Bonchev–Trinajstić information content (AvgIpc) is 2.45. The molecule has 0 unspecified atom stereocenters. The zero-order valence-electron chi connectivity index (χ0n) is 11.9. The fourth-order valence-corrected chi connectivity index (χ4v) is 2.69. The fraction of sp³-hybridized carbons (Fsp3) is 0.600. The summed E-state index contributed by atoms with van der Waals surface area (Å²) in [6, 6.07) is 6.21. The third-order valence-corrected chi connectivity index (χ3v) is 3.93. The molecule has 1 aliphatic carbocycles. The van der Waals surface area contributed by atoms with Crippen LogP contribution in [0.4, 0.5) is 5.69 Å². The lowest BCUT2D eigenvalue weighted by molar-refractivity contribution is -0.384. The first-order valence-electron chi connectivity index (χ1n) is 7.21. The summed E-state index contributed by atoms with van der Waals surface area (Å²) in [5.74, 6) is 0.672. The smallest absolute Gasteiger partial charge is 0.269 e. The van der Waals surface area contributed by atoms with Gasteiger partial charge >= 0.3 is 0 Å². The summed E-state index contributed by atoms with van der Waals surface area (Å²) in [5.41, 5.74) is 0.335. The van der Waals surface area contributed by atoms with Crippen LogP contribution < -0.4 is 10.1 Å². The first-order chi connectivity index (χ1) is 9.59. The van der Waals surface area contributed by atoms with E-state index in [-0.39, 0.29) is 11.2 Å². The van der Waals surface area contributed by atoms with Crippen LogP contribution in [-0.2, 0) is 0 Å². The van der Waals surface area contributed by atoms with Crippen LogP contribution in [0.2, 0.25) is 0 Å². The molecule has 1 aliphatic rings. The lowest BCUT2D eigenvalue weighted by atomic mass is 9.83. The Bertz CT molecular complexity index is 439. The molecule has 0 bridgehead atoms. The van der Waals surface area contributed by atoms with Gasteiger partial charge in [-0.2, -0.15) is 0 Å². The maximum Gasteiger partial charge on any atom is 0.269 e. The van der Waals surface area contributed by atoms with Crippen LogP contribution in [0.5, 0.6) is 5.75 Å². The molecule has 110 valence electrons. The Balaban J connectivity index is 1.71. The van der Waals surface area contributed by atoms with Crippen LogP contribution in [0.25, 0.3) is 0 Å². The minimum atomic E-state index is -0.407. The molecule has 0 heterocycles. The monoisotopic (exact) mass is 278 g/mol. The van der Waals surface area contributed by atoms with Crippen molar-refractivity contribution in [3.05, 3.63) is 34.4 Å². The van der Waals surface area contributed by atoms with Crippen molar-refractivity contribution >= 4 is 5.69 Å². The molecular weight excluding hydrogens is 256 g/mol. The Morgan fingerprint density at radius 1 is 1.25 bits per heavy atom. The van der Waals surface area contributed by atoms with Crippen LogP contribution in [0.1, 0.15) is 39.0 Å². The number of nitrogens with one attached hydrogen (secondary N) is 1. The molecule has 0 saturated heterocycles. The Hall–Kier alpha value is -1.62. The molecule has 1 aromatic carbocycles. The van der Waals surface area contributed by atoms with Gasteiger partial charge in [0.05, 0.1) is 4.92 Å². The number of hydrogen-bond donors (Lipinski definition) is 1. The molecule has 0 aromatic heterocycles. The van der Waals surface area contributed by atoms with Crippen LogP contribution in [0, 0.1) is 10.1 Å². The van der Waals surface area contributed by atoms with Gasteiger partial charge in [0.2, 0.25) is 0 Å². The Morgan fingerprint density at radius 3 is 2.50 bits per heavy atom. The maximum atomic E-state index is 10.5. The lowest BCUT2D eigenvalue weighted by Gasteiger charge is -2.34. The molecule has 0 radical (unpaired) electrons. The summed E-state index contributed by atoms with van der Waals surface area (Å²) >= 11 is 0. The van der Waals surface area contributed by atoms with Crippen molar-refractivity contribution < 1.29 is 9.66 Å². The van der Waals surface area contributed by atoms with Gasteiger partial charge in [0, 0.05) is 24.2 Å². The number of hydrogen-bond acceptors (Lipinski definition) is 4. The van der Waals surface area contributed by atoms with Gasteiger partial charge in [-0.3, -0.25) is 10.1 Å². The third kappa shape index (κ3) is 4.20. The van der Waals surface area contributed by atoms with Gasteiger partial charge in [-0.25, -0.2) is 0 Å². The molecule has 1 fully saturated rings. The van der Waals surface area contributed by atoms with Crippen molar-refractivity contribution in [2.75, 3.05) is 13.2 Å². The van der Waals surface area contributed by atoms with Crippen LogP contribution >= 0.6 is 0 Å². The molecule has 1 N–H and O–H groups in total. The highest BCUT2D eigenvalue weighted by Crippen LogP contribution is 2.27. The standard InChI is InChI=1S/C15H22N2O3/c1-15(9-3-2-4-10-15)16-11-12-20-14-7-5-13(6-8-14)17(18)19/h5-8,16H,2-4,9-12H2,1H3. The Morgan fingerprint density at radius 2 is 1.90 bits per heavy atom. The molecule has 5 nitrogen and oxygen atoms in total. The molecule has 1 saturated carbocycles. The number of benzene rings is 1. The molecule has 0 atom stereocenters. The number of nitro groups is 1. The normalized spacial score (nSPS) is 17.6. The molecule has 0 spiro atoms. The van der Waals surface area contributed by atoms with Gasteiger partial charge < -0.3 is 10.1 Å². The molecule has 2 rings (SSSR count). The molecular formula is C15H22N2O3. The molecule has 20 heavy (non-hydrogen) atoms. The molecule has 5 heteroatoms. The summed E-state index contributed by atoms with van der Waals surface area (Å²) in [5, 5.41) is 14.1. The van der Waals surface area contributed by atoms with Gasteiger partial charge in [0.15, 0.2) is 0 Å². The number of non-ortho nitro benzene ring substituents is 1. The minimum absolute atomic E-state index is 0.0881. The highest BCUT2D eigenvalue weighted by molar-refractivity contribution is 5.35. The average molecular weight is 278 g/mol. The third-order valence-electron chi connectivity index (χ3n) is 3.93. The maximum absolute atomic E-state index is 10.5. The van der Waals surface area contributed by atoms with Crippen molar-refractivity contribution in [2.45, 2.75) is 44.6 Å². The van der Waals surface area contributed by atoms with Crippen molar-refractivity contribution in [3.8, 4) is 5.75 Å². The van der Waals surface area contributed by atoms with Crippen molar-refractivity contribution in [3.63, 3.8) is 0 Å². The van der Waals surface area contributed by atoms with E-state index in [0.29, 0.717) is 12.4 Å². The van der Waals surface area contributed by atoms with E-state index in [9.17, 15) is 10.1 Å². The SMILES string of the molecule is CC1(NCCOc2ccc([N+](=O)[O-])cc2)CCCCC1. The van der Waals surface area contributed by atoms with E-state index in [0.717, 1.165) is 6.54 Å². The first-order valence-corrected chi connectivity index (χ1v) is 7.21. The predicted molar refractivity (Wildman–Crippen MR) is 78.1 cm³/mol. The van der Waals surface area contributed by atoms with E-state index >= 15 is 0 Å². The lowest BCUT2D eigenvalue weighted by Crippen LogP contribution is -2.45. The van der Waals surface area contributed by atoms with Crippen molar-refractivity contribution in [1.82, 2.24) is 5.32 Å². The summed E-state index contributed by atoms with van der Waals surface area (Å²) in [6.07, 6.45) is 6.39. The van der Waals surface area contributed by atoms with Gasteiger partial charge in [-0.05, 0) is 31.9 Å². The van der Waals surface area contributed by atoms with E-state index in [1.807, 2.05) is 0 Å². The van der Waals surface area contributed by atoms with Crippen molar-refractivity contribution in [1.29, 1.82) is 0 Å². The van der Waals surface area contributed by atoms with Crippen LogP contribution in [0.15, 0.2) is 24.3 Å². The topological polar surface area (TPSA) is 64.4 Å². The Labute approximate surface area is 119 Å². The van der Waals surface area contributed by atoms with Crippen molar-refractivity contribution in [2.24, 2.45) is 0 Å². The van der Waals surface area contributed by atoms with E-state index in [1.54, 1.807) is 12.1 Å². The van der Waals surface area contributed by atoms with Crippen LogP contribution in [0.3, 0.4) is 0 Å².